The fourth-order valence-corrected chi connectivity index (χ4v) is 6.10. The number of amides is 1. The molecule has 0 aromatic rings. The number of carboxylic acids is 1. The van der Waals surface area contributed by atoms with Gasteiger partial charge in [-0.25, -0.2) is 4.79 Å². The number of hydrogen-bond acceptors (Lipinski definition) is 5. The maximum Gasteiger partial charge on any atom is 0.328 e. The molecule has 2 heterocycles. The van der Waals surface area contributed by atoms with Gasteiger partial charge in [0, 0.05) is 5.25 Å². The lowest BCUT2D eigenvalue weighted by Crippen LogP contribution is -2.64. The molecule has 5 nitrogen and oxygen atoms in total. The van der Waals surface area contributed by atoms with Crippen molar-refractivity contribution < 1.29 is 19.8 Å². The van der Waals surface area contributed by atoms with Gasteiger partial charge >= 0.3 is 5.97 Å². The second-order valence-corrected chi connectivity index (χ2v) is 8.16. The minimum absolute atomic E-state index is 0.153. The second-order valence-electron chi connectivity index (χ2n) is 4.87. The molecule has 0 bridgehead atoms. The summed E-state index contributed by atoms with van der Waals surface area (Å²) in [7, 11) is 0. The number of β-lactam (4-membered cyclic amide) rings is 1. The van der Waals surface area contributed by atoms with E-state index in [0.29, 0.717) is 5.25 Å². The standard InChI is InChI=1S/C11H17NO4S2/c1-4(2)17-11-7(10(15)16)12-8(14)6(5(3)13)9(12)18-11/h4-7,9,11,13H,1-3H3,(H,15,16)/t5?,6?,7?,9-,11?/m0/s1. The highest BCUT2D eigenvalue weighted by Crippen LogP contribution is 2.52. The van der Waals surface area contributed by atoms with Crippen molar-refractivity contribution in [3.63, 3.8) is 0 Å². The molecule has 2 fully saturated rings. The Labute approximate surface area is 114 Å². The van der Waals surface area contributed by atoms with Gasteiger partial charge in [0.2, 0.25) is 5.91 Å². The monoisotopic (exact) mass is 291 g/mol. The van der Waals surface area contributed by atoms with Crippen molar-refractivity contribution in [1.82, 2.24) is 4.90 Å². The van der Waals surface area contributed by atoms with E-state index in [4.69, 9.17) is 0 Å². The molecule has 0 radical (unpaired) electrons. The topological polar surface area (TPSA) is 77.8 Å². The zero-order valence-electron chi connectivity index (χ0n) is 10.4. The number of fused-ring (bicyclic) bond motifs is 1. The molecule has 0 saturated carbocycles. The summed E-state index contributed by atoms with van der Waals surface area (Å²) in [4.78, 5) is 24.7. The van der Waals surface area contributed by atoms with Crippen LogP contribution < -0.4 is 0 Å². The third-order valence-corrected chi connectivity index (χ3v) is 6.19. The Balaban J connectivity index is 2.18. The first-order valence-corrected chi connectivity index (χ1v) is 7.77. The van der Waals surface area contributed by atoms with Crippen LogP contribution in [0.2, 0.25) is 0 Å². The van der Waals surface area contributed by atoms with Crippen molar-refractivity contribution in [3.8, 4) is 0 Å². The van der Waals surface area contributed by atoms with Crippen LogP contribution in [-0.2, 0) is 9.59 Å². The maximum atomic E-state index is 11.9. The number of carbonyl (C=O) groups excluding carboxylic acids is 1. The summed E-state index contributed by atoms with van der Waals surface area (Å²) in [5.74, 6) is -1.64. The van der Waals surface area contributed by atoms with Gasteiger partial charge < -0.3 is 15.1 Å². The molecule has 4 unspecified atom stereocenters. The summed E-state index contributed by atoms with van der Waals surface area (Å²) in [5.41, 5.74) is 0. The number of hydrogen-bond donors (Lipinski definition) is 2. The largest absolute Gasteiger partial charge is 0.480 e. The quantitative estimate of drug-likeness (QED) is 0.747. The second kappa shape index (κ2) is 4.94. The van der Waals surface area contributed by atoms with E-state index in [0.717, 1.165) is 0 Å². The first-order chi connectivity index (χ1) is 8.34. The van der Waals surface area contributed by atoms with E-state index in [1.807, 2.05) is 13.8 Å². The number of aliphatic hydroxyl groups is 1. The Morgan fingerprint density at radius 2 is 2.06 bits per heavy atom. The summed E-state index contributed by atoms with van der Waals surface area (Å²) in [5, 5.41) is 19.0. The fourth-order valence-electron chi connectivity index (χ4n) is 2.35. The number of carbonyl (C=O) groups is 2. The van der Waals surface area contributed by atoms with E-state index in [-0.39, 0.29) is 15.9 Å². The van der Waals surface area contributed by atoms with Crippen LogP contribution in [0.5, 0.6) is 0 Å². The molecule has 2 aliphatic heterocycles. The predicted molar refractivity (Wildman–Crippen MR) is 71.3 cm³/mol. The molecule has 0 aromatic heterocycles. The molecule has 5 atom stereocenters. The van der Waals surface area contributed by atoms with E-state index < -0.39 is 24.0 Å². The molecule has 102 valence electrons. The van der Waals surface area contributed by atoms with E-state index in [9.17, 15) is 19.8 Å². The third-order valence-electron chi connectivity index (χ3n) is 3.13. The maximum absolute atomic E-state index is 11.9. The number of thioether (sulfide) groups is 2. The Morgan fingerprint density at radius 3 is 2.50 bits per heavy atom. The molecule has 0 aromatic carbocycles. The molecule has 0 spiro atoms. The van der Waals surface area contributed by atoms with Crippen LogP contribution in [0.1, 0.15) is 20.8 Å². The molecule has 18 heavy (non-hydrogen) atoms. The normalized spacial score (nSPS) is 36.5. The lowest BCUT2D eigenvalue weighted by molar-refractivity contribution is -0.166. The molecule has 2 saturated heterocycles. The van der Waals surface area contributed by atoms with Crippen molar-refractivity contribution >= 4 is 35.4 Å². The van der Waals surface area contributed by atoms with Crippen LogP contribution in [0.4, 0.5) is 0 Å². The molecule has 2 N–H and O–H groups in total. The lowest BCUT2D eigenvalue weighted by Gasteiger charge is -2.44. The molecule has 2 aliphatic rings. The van der Waals surface area contributed by atoms with E-state index in [2.05, 4.69) is 0 Å². The van der Waals surface area contributed by atoms with Crippen molar-refractivity contribution in [1.29, 1.82) is 0 Å². The van der Waals surface area contributed by atoms with Crippen LogP contribution in [-0.4, -0.2) is 54.3 Å². The van der Waals surface area contributed by atoms with Crippen molar-refractivity contribution in [2.45, 2.75) is 48.1 Å². The van der Waals surface area contributed by atoms with Crippen LogP contribution in [0.25, 0.3) is 0 Å². The third kappa shape index (κ3) is 2.12. The molecular weight excluding hydrogens is 274 g/mol. The van der Waals surface area contributed by atoms with Crippen molar-refractivity contribution in [3.05, 3.63) is 0 Å². The summed E-state index contributed by atoms with van der Waals surface area (Å²) in [6.45, 7) is 5.60. The summed E-state index contributed by atoms with van der Waals surface area (Å²) in [6.07, 6.45) is -0.719. The first-order valence-electron chi connectivity index (χ1n) is 5.88. The molecule has 0 aliphatic carbocycles. The van der Waals surface area contributed by atoms with Gasteiger partial charge in [0.25, 0.3) is 0 Å². The number of aliphatic carboxylic acids is 1. The minimum atomic E-state index is -0.958. The summed E-state index contributed by atoms with van der Waals surface area (Å²) < 4.78 is -0.153. The lowest BCUT2D eigenvalue weighted by atomic mass is 9.91. The Morgan fingerprint density at radius 1 is 1.44 bits per heavy atom. The van der Waals surface area contributed by atoms with Gasteiger partial charge in [-0.1, -0.05) is 13.8 Å². The van der Waals surface area contributed by atoms with Crippen LogP contribution in [0.3, 0.4) is 0 Å². The first kappa shape index (κ1) is 14.0. The minimum Gasteiger partial charge on any atom is -0.480 e. The average molecular weight is 291 g/mol. The van der Waals surface area contributed by atoms with Crippen LogP contribution >= 0.6 is 23.5 Å². The molecule has 2 rings (SSSR count). The highest BCUT2D eigenvalue weighted by Gasteiger charge is 2.62. The Bertz CT molecular complexity index is 374. The number of carboxylic acid groups (broad SMARTS) is 1. The van der Waals surface area contributed by atoms with Gasteiger partial charge in [-0.15, -0.1) is 23.5 Å². The highest BCUT2D eigenvalue weighted by atomic mass is 32.2. The van der Waals surface area contributed by atoms with E-state index >= 15 is 0 Å². The van der Waals surface area contributed by atoms with Crippen LogP contribution in [0.15, 0.2) is 0 Å². The highest BCUT2D eigenvalue weighted by molar-refractivity contribution is 8.17. The number of nitrogens with zero attached hydrogens (tertiary/aromatic N) is 1. The number of rotatable bonds is 4. The molecule has 7 heteroatoms. The summed E-state index contributed by atoms with van der Waals surface area (Å²) >= 11 is 3.06. The van der Waals surface area contributed by atoms with Gasteiger partial charge in [0.05, 0.1) is 22.0 Å². The van der Waals surface area contributed by atoms with E-state index in [1.165, 1.54) is 16.7 Å². The fraction of sp³-hybridized carbons (Fsp3) is 0.818. The van der Waals surface area contributed by atoms with Gasteiger partial charge in [0.15, 0.2) is 6.04 Å². The molecule has 1 amide bonds. The molecular formula is C11H17NO4S2. The van der Waals surface area contributed by atoms with Gasteiger partial charge in [-0.2, -0.15) is 0 Å². The zero-order chi connectivity index (χ0) is 13.6. The van der Waals surface area contributed by atoms with Gasteiger partial charge in [-0.05, 0) is 6.92 Å². The Hall–Kier alpha value is -0.400. The SMILES string of the molecule is CC(C)SC1S[C@H]2C(C(C)O)C(=O)N2C1C(=O)O. The summed E-state index contributed by atoms with van der Waals surface area (Å²) in [6, 6.07) is -0.769. The smallest absolute Gasteiger partial charge is 0.328 e. The van der Waals surface area contributed by atoms with Gasteiger partial charge in [-0.3, -0.25) is 4.79 Å². The Kier molecular flexibility index (Phi) is 3.85. The average Bonchev–Trinajstić information content (AvgIpc) is 2.51. The predicted octanol–water partition coefficient (Wildman–Crippen LogP) is 0.819. The zero-order valence-corrected chi connectivity index (χ0v) is 12.1. The van der Waals surface area contributed by atoms with Gasteiger partial charge in [0.1, 0.15) is 0 Å². The number of aliphatic hydroxyl groups excluding tert-OH is 1. The van der Waals surface area contributed by atoms with E-state index in [1.54, 1.807) is 18.7 Å². The van der Waals surface area contributed by atoms with Crippen molar-refractivity contribution in [2.75, 3.05) is 0 Å². The van der Waals surface area contributed by atoms with Crippen molar-refractivity contribution in [2.24, 2.45) is 5.92 Å². The van der Waals surface area contributed by atoms with Crippen LogP contribution in [0, 0.1) is 5.92 Å².